The van der Waals surface area contributed by atoms with E-state index in [1.807, 2.05) is 46.6 Å². The van der Waals surface area contributed by atoms with Gasteiger partial charge >= 0.3 is 0 Å². The van der Waals surface area contributed by atoms with E-state index in [1.165, 1.54) is 0 Å². The number of methoxy groups -OCH3 is 2. The Bertz CT molecular complexity index is 1610. The van der Waals surface area contributed by atoms with Crippen LogP contribution in [0.15, 0.2) is 61.2 Å². The molecule has 0 amide bonds. The zero-order valence-corrected chi connectivity index (χ0v) is 22.1. The molecule has 0 saturated carbocycles. The minimum atomic E-state index is 0.0880. The number of fused-ring (bicyclic) bond motifs is 1. The summed E-state index contributed by atoms with van der Waals surface area (Å²) in [6, 6.07) is 13.9. The number of ether oxygens (including phenoxy) is 2. The van der Waals surface area contributed by atoms with E-state index in [-0.39, 0.29) is 5.92 Å². The van der Waals surface area contributed by atoms with Crippen LogP contribution in [0.3, 0.4) is 0 Å². The predicted octanol–water partition coefficient (Wildman–Crippen LogP) is 5.49. The van der Waals surface area contributed by atoms with E-state index < -0.39 is 0 Å². The second kappa shape index (κ2) is 9.90. The van der Waals surface area contributed by atoms with E-state index in [0.29, 0.717) is 22.6 Å². The highest BCUT2D eigenvalue weighted by molar-refractivity contribution is 6.29. The van der Waals surface area contributed by atoms with Gasteiger partial charge in [-0.1, -0.05) is 17.7 Å². The lowest BCUT2D eigenvalue weighted by atomic mass is 9.89. The summed E-state index contributed by atoms with van der Waals surface area (Å²) in [6.45, 7) is 2.76. The number of hydrogen-bond acceptors (Lipinski definition) is 7. The number of halogens is 1. The molecule has 5 aromatic rings. The molecule has 5 heterocycles. The summed E-state index contributed by atoms with van der Waals surface area (Å²) in [5, 5.41) is 5.28. The standard InChI is InChI=1S/C28H26ClN7O2/c1-17-15-35(16-31-17)23-9-8-22(32-28(23)38-3)26-33-27-20(5-4-12-36(27)34-26)18-6-10-24(37-2)21(13-18)19-7-11-25(29)30-14-19/h6-11,13-16,20H,4-5,12H2,1-3H3/t20-/m0/s1. The number of aromatic nitrogens is 7. The number of rotatable bonds is 6. The Hall–Kier alpha value is -4.24. The maximum Gasteiger partial charge on any atom is 0.238 e. The second-order valence-corrected chi connectivity index (χ2v) is 9.58. The van der Waals surface area contributed by atoms with Gasteiger partial charge in [0.25, 0.3) is 0 Å². The maximum atomic E-state index is 6.02. The Morgan fingerprint density at radius 2 is 1.89 bits per heavy atom. The van der Waals surface area contributed by atoms with Gasteiger partial charge in [0.2, 0.25) is 5.88 Å². The molecule has 1 atom stereocenters. The third-order valence-electron chi connectivity index (χ3n) is 6.79. The molecule has 0 spiro atoms. The van der Waals surface area contributed by atoms with Gasteiger partial charge in [-0.2, -0.15) is 0 Å². The fourth-order valence-corrected chi connectivity index (χ4v) is 5.05. The predicted molar refractivity (Wildman–Crippen MR) is 144 cm³/mol. The van der Waals surface area contributed by atoms with Crippen molar-refractivity contribution in [3.8, 4) is 40.0 Å². The van der Waals surface area contributed by atoms with Crippen LogP contribution in [-0.2, 0) is 6.54 Å². The maximum absolute atomic E-state index is 6.02. The van der Waals surface area contributed by atoms with Crippen molar-refractivity contribution < 1.29 is 9.47 Å². The minimum Gasteiger partial charge on any atom is -0.496 e. The van der Waals surface area contributed by atoms with Gasteiger partial charge in [0.05, 0.1) is 26.2 Å². The zero-order chi connectivity index (χ0) is 26.2. The fourth-order valence-electron chi connectivity index (χ4n) is 4.94. The average Bonchev–Trinajstić information content (AvgIpc) is 3.59. The van der Waals surface area contributed by atoms with Crippen molar-refractivity contribution in [1.29, 1.82) is 0 Å². The molecule has 6 rings (SSSR count). The molecule has 38 heavy (non-hydrogen) atoms. The molecule has 0 saturated heterocycles. The Morgan fingerprint density at radius 1 is 1.00 bits per heavy atom. The largest absolute Gasteiger partial charge is 0.496 e. The van der Waals surface area contributed by atoms with Crippen molar-refractivity contribution in [2.45, 2.75) is 32.2 Å². The summed E-state index contributed by atoms with van der Waals surface area (Å²) in [6.07, 6.45) is 7.41. The number of imidazole rings is 1. The highest BCUT2D eigenvalue weighted by atomic mass is 35.5. The quantitative estimate of drug-likeness (QED) is 0.269. The highest BCUT2D eigenvalue weighted by Crippen LogP contribution is 2.38. The monoisotopic (exact) mass is 527 g/mol. The first kappa shape index (κ1) is 24.1. The van der Waals surface area contributed by atoms with E-state index in [2.05, 4.69) is 22.1 Å². The Balaban J connectivity index is 1.37. The number of benzene rings is 1. The van der Waals surface area contributed by atoms with Gasteiger partial charge < -0.3 is 14.0 Å². The SMILES string of the molecule is COc1ccc([C@@H]2CCCn3nc(-c4ccc(-n5cnc(C)c5)c(OC)n4)nc32)cc1-c1ccc(Cl)nc1. The lowest BCUT2D eigenvalue weighted by Gasteiger charge is -2.23. The molecule has 1 aromatic carbocycles. The molecule has 1 aliphatic rings. The van der Waals surface area contributed by atoms with Crippen LogP contribution < -0.4 is 9.47 Å². The third-order valence-corrected chi connectivity index (χ3v) is 7.02. The van der Waals surface area contributed by atoms with Crippen LogP contribution in [0, 0.1) is 6.92 Å². The smallest absolute Gasteiger partial charge is 0.238 e. The average molecular weight is 528 g/mol. The third kappa shape index (κ3) is 4.39. The summed E-state index contributed by atoms with van der Waals surface area (Å²) in [4.78, 5) is 18.3. The molecular formula is C28H26ClN7O2. The van der Waals surface area contributed by atoms with Crippen LogP contribution in [0.2, 0.25) is 5.15 Å². The molecule has 10 heteroatoms. The van der Waals surface area contributed by atoms with Crippen molar-refractivity contribution in [3.05, 3.63) is 83.4 Å². The number of aryl methyl sites for hydroxylation is 2. The topological polar surface area (TPSA) is 92.8 Å². The molecule has 9 nitrogen and oxygen atoms in total. The fraction of sp³-hybridized carbons (Fsp3) is 0.250. The summed E-state index contributed by atoms with van der Waals surface area (Å²) in [5.41, 5.74) is 5.43. The van der Waals surface area contributed by atoms with E-state index >= 15 is 0 Å². The highest BCUT2D eigenvalue weighted by Gasteiger charge is 2.27. The molecule has 0 fully saturated rings. The molecule has 0 radical (unpaired) electrons. The van der Waals surface area contributed by atoms with E-state index in [9.17, 15) is 0 Å². The summed E-state index contributed by atoms with van der Waals surface area (Å²) in [7, 11) is 3.28. The molecule has 0 aliphatic carbocycles. The molecule has 0 unspecified atom stereocenters. The second-order valence-electron chi connectivity index (χ2n) is 9.19. The Morgan fingerprint density at radius 3 is 2.63 bits per heavy atom. The first-order chi connectivity index (χ1) is 18.5. The molecule has 1 aliphatic heterocycles. The van der Waals surface area contributed by atoms with Crippen LogP contribution in [-0.4, -0.2) is 48.5 Å². The van der Waals surface area contributed by atoms with Gasteiger partial charge in [-0.25, -0.2) is 24.6 Å². The normalized spacial score (nSPS) is 14.8. The zero-order valence-electron chi connectivity index (χ0n) is 21.3. The molecule has 4 aromatic heterocycles. The van der Waals surface area contributed by atoms with Crippen molar-refractivity contribution in [2.75, 3.05) is 14.2 Å². The number of pyridine rings is 2. The van der Waals surface area contributed by atoms with E-state index in [4.69, 9.17) is 36.1 Å². The summed E-state index contributed by atoms with van der Waals surface area (Å²) < 4.78 is 15.1. The Kier molecular flexibility index (Phi) is 6.29. The molecule has 0 N–H and O–H groups in total. The van der Waals surface area contributed by atoms with Crippen LogP contribution >= 0.6 is 11.6 Å². The summed E-state index contributed by atoms with van der Waals surface area (Å²) in [5.74, 6) is 2.85. The minimum absolute atomic E-state index is 0.0880. The Labute approximate surface area is 225 Å². The first-order valence-electron chi connectivity index (χ1n) is 12.3. The van der Waals surface area contributed by atoms with Crippen LogP contribution in [0.1, 0.15) is 35.8 Å². The van der Waals surface area contributed by atoms with Crippen molar-refractivity contribution in [1.82, 2.24) is 34.3 Å². The van der Waals surface area contributed by atoms with Crippen molar-refractivity contribution in [2.24, 2.45) is 0 Å². The lowest BCUT2D eigenvalue weighted by molar-refractivity contribution is 0.396. The van der Waals surface area contributed by atoms with Crippen molar-refractivity contribution in [3.63, 3.8) is 0 Å². The van der Waals surface area contributed by atoms with Gasteiger partial charge in [0.1, 0.15) is 28.1 Å². The van der Waals surface area contributed by atoms with Gasteiger partial charge in [-0.05, 0) is 61.7 Å². The van der Waals surface area contributed by atoms with Gasteiger partial charge in [-0.3, -0.25) is 0 Å². The lowest BCUT2D eigenvalue weighted by Crippen LogP contribution is -2.18. The summed E-state index contributed by atoms with van der Waals surface area (Å²) >= 11 is 6.02. The van der Waals surface area contributed by atoms with Crippen molar-refractivity contribution >= 4 is 11.6 Å². The number of nitrogens with zero attached hydrogens (tertiary/aromatic N) is 7. The van der Waals surface area contributed by atoms with E-state index in [0.717, 1.165) is 59.0 Å². The first-order valence-corrected chi connectivity index (χ1v) is 12.7. The molecule has 192 valence electrons. The molecule has 0 bridgehead atoms. The molecular weight excluding hydrogens is 502 g/mol. The van der Waals surface area contributed by atoms with Crippen LogP contribution in [0.25, 0.3) is 28.3 Å². The van der Waals surface area contributed by atoms with Crippen LogP contribution in [0.5, 0.6) is 11.6 Å². The van der Waals surface area contributed by atoms with Gasteiger partial charge in [0.15, 0.2) is 5.82 Å². The van der Waals surface area contributed by atoms with Gasteiger partial charge in [-0.15, -0.1) is 5.10 Å². The van der Waals surface area contributed by atoms with E-state index in [1.54, 1.807) is 32.8 Å². The van der Waals surface area contributed by atoms with Gasteiger partial charge in [0, 0.05) is 36.0 Å². The van der Waals surface area contributed by atoms with Crippen LogP contribution in [0.4, 0.5) is 0 Å². The number of hydrogen-bond donors (Lipinski definition) is 0.